The molecule has 0 bridgehead atoms. The number of nitrogens with one attached hydrogen (secondary N) is 3. The van der Waals surface area contributed by atoms with Gasteiger partial charge in [0.1, 0.15) is 0 Å². The normalized spacial score (nSPS) is 12.1. The maximum Gasteiger partial charge on any atom is 0.291 e. The van der Waals surface area contributed by atoms with Crippen LogP contribution in [0.1, 0.15) is 46.5 Å². The third-order valence-electron chi connectivity index (χ3n) is 4.65. The van der Waals surface area contributed by atoms with Crippen molar-refractivity contribution in [2.75, 3.05) is 10.0 Å². The molecule has 0 unspecified atom stereocenters. The van der Waals surface area contributed by atoms with E-state index in [1.165, 1.54) is 12.1 Å². The van der Waals surface area contributed by atoms with Crippen molar-refractivity contribution in [3.8, 4) is 0 Å². The van der Waals surface area contributed by atoms with E-state index in [1.807, 2.05) is 19.9 Å². The van der Waals surface area contributed by atoms with Gasteiger partial charge < -0.3 is 5.32 Å². The Labute approximate surface area is 190 Å². The molecular formula is C21H23N5O4S2. The van der Waals surface area contributed by atoms with E-state index in [9.17, 15) is 18.0 Å². The van der Waals surface area contributed by atoms with Crippen LogP contribution in [-0.4, -0.2) is 36.5 Å². The summed E-state index contributed by atoms with van der Waals surface area (Å²) in [6, 6.07) is 13.2. The van der Waals surface area contributed by atoms with E-state index in [-0.39, 0.29) is 32.7 Å². The minimum absolute atomic E-state index is 0.0430. The van der Waals surface area contributed by atoms with Gasteiger partial charge in [0.05, 0.1) is 11.3 Å². The molecule has 0 aliphatic rings. The largest absolute Gasteiger partial charge is 0.350 e. The van der Waals surface area contributed by atoms with Gasteiger partial charge in [0, 0.05) is 11.6 Å². The molecule has 2 amide bonds. The number of hydrogen-bond donors (Lipinski definition) is 3. The second-order valence-electron chi connectivity index (χ2n) is 7.08. The summed E-state index contributed by atoms with van der Waals surface area (Å²) < 4.78 is 27.7. The van der Waals surface area contributed by atoms with Gasteiger partial charge in [-0.15, -0.1) is 10.2 Å². The first-order valence-corrected chi connectivity index (χ1v) is 12.1. The molecule has 0 aliphatic carbocycles. The molecule has 1 atom stereocenters. The van der Waals surface area contributed by atoms with Crippen molar-refractivity contribution < 1.29 is 18.0 Å². The minimum Gasteiger partial charge on any atom is -0.350 e. The smallest absolute Gasteiger partial charge is 0.291 e. The number of rotatable bonds is 8. The molecule has 11 heteroatoms. The number of carbonyl (C=O) groups excluding carboxylic acids is 2. The van der Waals surface area contributed by atoms with Crippen LogP contribution in [0.4, 0.5) is 10.8 Å². The predicted molar refractivity (Wildman–Crippen MR) is 124 cm³/mol. The van der Waals surface area contributed by atoms with Crippen molar-refractivity contribution in [2.24, 2.45) is 0 Å². The summed E-state index contributed by atoms with van der Waals surface area (Å²) >= 11 is 0.711. The van der Waals surface area contributed by atoms with E-state index in [0.29, 0.717) is 16.9 Å². The Hall–Kier alpha value is -3.31. The molecule has 0 saturated heterocycles. The van der Waals surface area contributed by atoms with Crippen molar-refractivity contribution in [3.05, 3.63) is 65.2 Å². The van der Waals surface area contributed by atoms with Crippen LogP contribution in [0, 0.1) is 6.92 Å². The van der Waals surface area contributed by atoms with E-state index in [0.717, 1.165) is 12.0 Å². The standard InChI is InChI=1S/C21H23N5O4S2/c1-4-14(3)22-19(28)16-11-7-8-12-17(16)26-32(29,30)21-25-24-20(31-21)23-18(27)15-10-6-5-9-13(15)2/h5-12,14,26H,4H2,1-3H3,(H,22,28)(H,23,24,27)/t14-/m1/s1. The fraction of sp³-hybridized carbons (Fsp3) is 0.238. The van der Waals surface area contributed by atoms with Crippen molar-refractivity contribution in [2.45, 2.75) is 37.6 Å². The molecule has 0 radical (unpaired) electrons. The van der Waals surface area contributed by atoms with Gasteiger partial charge in [0.25, 0.3) is 26.2 Å². The van der Waals surface area contributed by atoms with Gasteiger partial charge >= 0.3 is 0 Å². The predicted octanol–water partition coefficient (Wildman–Crippen LogP) is 3.43. The Morgan fingerprint density at radius 2 is 1.66 bits per heavy atom. The van der Waals surface area contributed by atoms with Gasteiger partial charge in [-0.3, -0.25) is 19.6 Å². The minimum atomic E-state index is -4.13. The highest BCUT2D eigenvalue weighted by Gasteiger charge is 2.24. The zero-order valence-corrected chi connectivity index (χ0v) is 19.4. The van der Waals surface area contributed by atoms with E-state index >= 15 is 0 Å². The number of nitrogens with zero attached hydrogens (tertiary/aromatic N) is 2. The van der Waals surface area contributed by atoms with Crippen LogP contribution in [0.2, 0.25) is 0 Å². The quantitative estimate of drug-likeness (QED) is 0.430. The van der Waals surface area contributed by atoms with Gasteiger partial charge in [-0.1, -0.05) is 48.6 Å². The van der Waals surface area contributed by atoms with Crippen LogP contribution in [0.3, 0.4) is 0 Å². The summed E-state index contributed by atoms with van der Waals surface area (Å²) in [6.07, 6.45) is 0.738. The molecule has 2 aromatic carbocycles. The van der Waals surface area contributed by atoms with Gasteiger partial charge in [-0.25, -0.2) is 0 Å². The van der Waals surface area contributed by atoms with Crippen molar-refractivity contribution in [1.29, 1.82) is 0 Å². The molecule has 3 aromatic rings. The molecule has 0 saturated carbocycles. The first-order chi connectivity index (χ1) is 15.2. The molecule has 1 aromatic heterocycles. The van der Waals surface area contributed by atoms with Crippen molar-refractivity contribution >= 4 is 44.0 Å². The zero-order chi connectivity index (χ0) is 23.3. The van der Waals surface area contributed by atoms with E-state index in [2.05, 4.69) is 25.6 Å². The van der Waals surface area contributed by atoms with Gasteiger partial charge in [-0.2, -0.15) is 8.42 Å². The van der Waals surface area contributed by atoms with Crippen LogP contribution in [0.25, 0.3) is 0 Å². The molecular weight excluding hydrogens is 450 g/mol. The van der Waals surface area contributed by atoms with Crippen LogP contribution >= 0.6 is 11.3 Å². The third kappa shape index (κ3) is 5.48. The molecule has 0 fully saturated rings. The Kier molecular flexibility index (Phi) is 7.21. The number of benzene rings is 2. The van der Waals surface area contributed by atoms with Crippen LogP contribution in [0.15, 0.2) is 52.9 Å². The fourth-order valence-electron chi connectivity index (χ4n) is 2.72. The number of aromatic nitrogens is 2. The Morgan fingerprint density at radius 3 is 2.34 bits per heavy atom. The van der Waals surface area contributed by atoms with E-state index in [1.54, 1.807) is 37.3 Å². The van der Waals surface area contributed by atoms with E-state index < -0.39 is 15.9 Å². The second kappa shape index (κ2) is 9.88. The third-order valence-corrected chi connectivity index (χ3v) is 7.22. The van der Waals surface area contributed by atoms with Gasteiger partial charge in [0.2, 0.25) is 5.13 Å². The first kappa shape index (κ1) is 23.4. The number of carbonyl (C=O) groups is 2. The van der Waals surface area contributed by atoms with E-state index in [4.69, 9.17) is 0 Å². The number of anilines is 2. The lowest BCUT2D eigenvalue weighted by Crippen LogP contribution is -2.32. The maximum atomic E-state index is 12.8. The summed E-state index contributed by atoms with van der Waals surface area (Å²) in [5, 5.41) is 12.9. The summed E-state index contributed by atoms with van der Waals surface area (Å²) in [5.41, 5.74) is 1.53. The number of aryl methyl sites for hydroxylation is 1. The number of sulfonamides is 1. The van der Waals surface area contributed by atoms with Crippen LogP contribution in [-0.2, 0) is 10.0 Å². The molecule has 0 aliphatic heterocycles. The topological polar surface area (TPSA) is 130 Å². The average molecular weight is 474 g/mol. The number of amides is 2. The van der Waals surface area contributed by atoms with Gasteiger partial charge in [-0.05, 0) is 44.0 Å². The Morgan fingerprint density at radius 1 is 1.00 bits per heavy atom. The fourth-order valence-corrected chi connectivity index (χ4v) is 4.70. The van der Waals surface area contributed by atoms with Crippen molar-refractivity contribution in [1.82, 2.24) is 15.5 Å². The first-order valence-electron chi connectivity index (χ1n) is 9.84. The molecule has 9 nitrogen and oxygen atoms in total. The maximum absolute atomic E-state index is 12.8. The molecule has 1 heterocycles. The van der Waals surface area contributed by atoms with Crippen LogP contribution in [0.5, 0.6) is 0 Å². The zero-order valence-electron chi connectivity index (χ0n) is 17.7. The number of para-hydroxylation sites is 1. The molecule has 3 N–H and O–H groups in total. The van der Waals surface area contributed by atoms with Crippen LogP contribution < -0.4 is 15.4 Å². The highest BCUT2D eigenvalue weighted by molar-refractivity contribution is 7.94. The lowest BCUT2D eigenvalue weighted by atomic mass is 10.1. The lowest BCUT2D eigenvalue weighted by molar-refractivity contribution is 0.0939. The molecule has 3 rings (SSSR count). The van der Waals surface area contributed by atoms with Gasteiger partial charge in [0.15, 0.2) is 0 Å². The Balaban J connectivity index is 1.78. The molecule has 0 spiro atoms. The highest BCUT2D eigenvalue weighted by Crippen LogP contribution is 2.25. The summed E-state index contributed by atoms with van der Waals surface area (Å²) in [5.74, 6) is -0.802. The summed E-state index contributed by atoms with van der Waals surface area (Å²) in [7, 11) is -4.13. The summed E-state index contributed by atoms with van der Waals surface area (Å²) in [6.45, 7) is 5.59. The highest BCUT2D eigenvalue weighted by atomic mass is 32.2. The average Bonchev–Trinajstić information content (AvgIpc) is 3.23. The lowest BCUT2D eigenvalue weighted by Gasteiger charge is -2.14. The van der Waals surface area contributed by atoms with Crippen molar-refractivity contribution in [3.63, 3.8) is 0 Å². The Bertz CT molecular complexity index is 1240. The summed E-state index contributed by atoms with van der Waals surface area (Å²) in [4.78, 5) is 25.0. The SMILES string of the molecule is CC[C@@H](C)NC(=O)c1ccccc1NS(=O)(=O)c1nnc(NC(=O)c2ccccc2C)s1. The molecule has 168 valence electrons. The second-order valence-corrected chi connectivity index (χ2v) is 9.91. The molecule has 32 heavy (non-hydrogen) atoms. The monoisotopic (exact) mass is 473 g/mol. The number of hydrogen-bond acceptors (Lipinski definition) is 7.